The van der Waals surface area contributed by atoms with Crippen molar-refractivity contribution in [2.24, 2.45) is 5.92 Å². The lowest BCUT2D eigenvalue weighted by Gasteiger charge is -2.11. The zero-order chi connectivity index (χ0) is 14.6. The highest BCUT2D eigenvalue weighted by Crippen LogP contribution is 2.17. The third-order valence-electron chi connectivity index (χ3n) is 2.75. The van der Waals surface area contributed by atoms with E-state index in [9.17, 15) is 0 Å². The quantitative estimate of drug-likeness (QED) is 0.612. The van der Waals surface area contributed by atoms with Crippen molar-refractivity contribution in [3.63, 3.8) is 0 Å². The van der Waals surface area contributed by atoms with E-state index in [1.807, 2.05) is 18.2 Å². The average molecular weight is 280 g/mol. The number of hydrogen-bond donors (Lipinski definition) is 2. The molecule has 0 aliphatic rings. The molecule has 0 bridgehead atoms. The molecule has 2 N–H and O–H groups in total. The molecular formula is C16H28N2O2. The van der Waals surface area contributed by atoms with Crippen LogP contribution in [-0.2, 0) is 4.74 Å². The van der Waals surface area contributed by atoms with Crippen molar-refractivity contribution in [1.82, 2.24) is 5.32 Å². The zero-order valence-electron chi connectivity index (χ0n) is 12.9. The molecule has 0 heterocycles. The summed E-state index contributed by atoms with van der Waals surface area (Å²) < 4.78 is 10.7. The topological polar surface area (TPSA) is 42.5 Å². The van der Waals surface area contributed by atoms with Crippen LogP contribution in [0.4, 0.5) is 5.69 Å². The molecular weight excluding hydrogens is 252 g/mol. The molecule has 0 radical (unpaired) electrons. The molecule has 0 unspecified atom stereocenters. The Hall–Kier alpha value is -1.26. The maximum atomic E-state index is 5.71. The van der Waals surface area contributed by atoms with E-state index in [1.54, 1.807) is 7.11 Å². The van der Waals surface area contributed by atoms with Crippen LogP contribution in [0, 0.1) is 5.92 Å². The first-order chi connectivity index (χ1) is 9.72. The van der Waals surface area contributed by atoms with Crippen LogP contribution in [-0.4, -0.2) is 40.0 Å². The standard InChI is InChI=1S/C16H28N2O2/c1-14(2)13-20-16-7-4-6-15(12-16)18-10-9-17-8-5-11-19-3/h4,6-7,12,14,17-18H,5,8-11,13H2,1-3H3. The van der Waals surface area contributed by atoms with Gasteiger partial charge in [0.05, 0.1) is 6.61 Å². The van der Waals surface area contributed by atoms with Gasteiger partial charge in [0.15, 0.2) is 0 Å². The Labute approximate surface area is 122 Å². The third-order valence-corrected chi connectivity index (χ3v) is 2.75. The van der Waals surface area contributed by atoms with E-state index in [2.05, 4.69) is 30.5 Å². The molecule has 0 aliphatic heterocycles. The molecule has 0 spiro atoms. The largest absolute Gasteiger partial charge is 0.493 e. The molecule has 4 nitrogen and oxygen atoms in total. The molecule has 1 aromatic rings. The van der Waals surface area contributed by atoms with Crippen molar-refractivity contribution in [2.45, 2.75) is 20.3 Å². The number of nitrogens with one attached hydrogen (secondary N) is 2. The molecule has 0 fully saturated rings. The minimum Gasteiger partial charge on any atom is -0.493 e. The highest BCUT2D eigenvalue weighted by Gasteiger charge is 1.98. The van der Waals surface area contributed by atoms with Crippen LogP contribution in [0.25, 0.3) is 0 Å². The second-order valence-electron chi connectivity index (χ2n) is 5.26. The third kappa shape index (κ3) is 8.02. The molecule has 0 saturated heterocycles. The molecule has 114 valence electrons. The van der Waals surface area contributed by atoms with Gasteiger partial charge in [0.2, 0.25) is 0 Å². The first-order valence-electron chi connectivity index (χ1n) is 7.38. The van der Waals surface area contributed by atoms with Crippen LogP contribution in [0.15, 0.2) is 24.3 Å². The number of hydrogen-bond acceptors (Lipinski definition) is 4. The van der Waals surface area contributed by atoms with Crippen molar-refractivity contribution in [3.8, 4) is 5.75 Å². The van der Waals surface area contributed by atoms with Gasteiger partial charge in [-0.15, -0.1) is 0 Å². The Morgan fingerprint density at radius 1 is 1.15 bits per heavy atom. The smallest absolute Gasteiger partial charge is 0.121 e. The maximum Gasteiger partial charge on any atom is 0.121 e. The van der Waals surface area contributed by atoms with Crippen LogP contribution in [0.5, 0.6) is 5.75 Å². The molecule has 0 aliphatic carbocycles. The first-order valence-corrected chi connectivity index (χ1v) is 7.38. The predicted molar refractivity (Wildman–Crippen MR) is 84.6 cm³/mol. The van der Waals surface area contributed by atoms with Crippen LogP contribution in [0.1, 0.15) is 20.3 Å². The first kappa shape index (κ1) is 16.8. The van der Waals surface area contributed by atoms with Gasteiger partial charge in [0.1, 0.15) is 5.75 Å². The van der Waals surface area contributed by atoms with Gasteiger partial charge in [-0.05, 0) is 31.0 Å². The molecule has 0 aromatic heterocycles. The summed E-state index contributed by atoms with van der Waals surface area (Å²) in [5, 5.41) is 6.76. The van der Waals surface area contributed by atoms with E-state index >= 15 is 0 Å². The van der Waals surface area contributed by atoms with Crippen LogP contribution >= 0.6 is 0 Å². The van der Waals surface area contributed by atoms with Gasteiger partial charge >= 0.3 is 0 Å². The summed E-state index contributed by atoms with van der Waals surface area (Å²) in [6.45, 7) is 8.71. The second kappa shape index (κ2) is 10.5. The van der Waals surface area contributed by atoms with E-state index in [1.165, 1.54) is 0 Å². The lowest BCUT2D eigenvalue weighted by molar-refractivity contribution is 0.194. The summed E-state index contributed by atoms with van der Waals surface area (Å²) in [7, 11) is 1.73. The summed E-state index contributed by atoms with van der Waals surface area (Å²) in [4.78, 5) is 0. The predicted octanol–water partition coefficient (Wildman–Crippen LogP) is 2.76. The second-order valence-corrected chi connectivity index (χ2v) is 5.26. The number of methoxy groups -OCH3 is 1. The van der Waals surface area contributed by atoms with E-state index in [0.717, 1.165) is 50.7 Å². The summed E-state index contributed by atoms with van der Waals surface area (Å²) in [6, 6.07) is 8.13. The van der Waals surface area contributed by atoms with Gasteiger partial charge < -0.3 is 20.1 Å². The summed E-state index contributed by atoms with van der Waals surface area (Å²) in [6.07, 6.45) is 1.05. The normalized spacial score (nSPS) is 10.8. The van der Waals surface area contributed by atoms with Crippen molar-refractivity contribution < 1.29 is 9.47 Å². The zero-order valence-corrected chi connectivity index (χ0v) is 12.9. The fraction of sp³-hybridized carbons (Fsp3) is 0.625. The van der Waals surface area contributed by atoms with Crippen LogP contribution < -0.4 is 15.4 Å². The van der Waals surface area contributed by atoms with E-state index in [4.69, 9.17) is 9.47 Å². The Morgan fingerprint density at radius 2 is 2.00 bits per heavy atom. The van der Waals surface area contributed by atoms with E-state index < -0.39 is 0 Å². The van der Waals surface area contributed by atoms with Gasteiger partial charge in [-0.2, -0.15) is 0 Å². The maximum absolute atomic E-state index is 5.71. The molecule has 20 heavy (non-hydrogen) atoms. The van der Waals surface area contributed by atoms with Crippen molar-refractivity contribution in [1.29, 1.82) is 0 Å². The minimum absolute atomic E-state index is 0.544. The number of rotatable bonds is 11. The monoisotopic (exact) mass is 280 g/mol. The molecule has 1 aromatic carbocycles. The van der Waals surface area contributed by atoms with Gasteiger partial charge in [-0.25, -0.2) is 0 Å². The minimum atomic E-state index is 0.544. The van der Waals surface area contributed by atoms with Crippen molar-refractivity contribution in [3.05, 3.63) is 24.3 Å². The molecule has 0 atom stereocenters. The molecule has 4 heteroatoms. The number of ether oxygens (including phenoxy) is 2. The molecule has 0 amide bonds. The summed E-state index contributed by atoms with van der Waals surface area (Å²) >= 11 is 0. The van der Waals surface area contributed by atoms with Gasteiger partial charge in [-0.3, -0.25) is 0 Å². The number of benzene rings is 1. The van der Waals surface area contributed by atoms with E-state index in [0.29, 0.717) is 5.92 Å². The highest BCUT2D eigenvalue weighted by atomic mass is 16.5. The van der Waals surface area contributed by atoms with Gasteiger partial charge in [0.25, 0.3) is 0 Å². The van der Waals surface area contributed by atoms with Gasteiger partial charge in [0, 0.05) is 38.6 Å². The number of anilines is 1. The molecule has 0 saturated carbocycles. The summed E-state index contributed by atoms with van der Waals surface area (Å²) in [5.41, 5.74) is 1.10. The van der Waals surface area contributed by atoms with Crippen LogP contribution in [0.3, 0.4) is 0 Å². The summed E-state index contributed by atoms with van der Waals surface area (Å²) in [5.74, 6) is 1.47. The Bertz CT molecular complexity index is 356. The fourth-order valence-corrected chi connectivity index (χ4v) is 1.72. The lowest BCUT2D eigenvalue weighted by atomic mass is 10.2. The van der Waals surface area contributed by atoms with Crippen molar-refractivity contribution >= 4 is 5.69 Å². The van der Waals surface area contributed by atoms with Crippen LogP contribution in [0.2, 0.25) is 0 Å². The fourth-order valence-electron chi connectivity index (χ4n) is 1.72. The SMILES string of the molecule is COCCCNCCNc1cccc(OCC(C)C)c1. The highest BCUT2D eigenvalue weighted by molar-refractivity contribution is 5.48. The molecule has 1 rings (SSSR count). The average Bonchev–Trinajstić information content (AvgIpc) is 2.45. The van der Waals surface area contributed by atoms with Gasteiger partial charge in [-0.1, -0.05) is 19.9 Å². The Balaban J connectivity index is 2.18. The lowest BCUT2D eigenvalue weighted by Crippen LogP contribution is -2.23. The Morgan fingerprint density at radius 3 is 2.75 bits per heavy atom. The van der Waals surface area contributed by atoms with Crippen molar-refractivity contribution in [2.75, 3.05) is 45.3 Å². The van der Waals surface area contributed by atoms with E-state index in [-0.39, 0.29) is 0 Å². The Kier molecular flexibility index (Phi) is 8.83.